The molecule has 0 unspecified atom stereocenters. The molecule has 3 aromatic rings. The van der Waals surface area contributed by atoms with Gasteiger partial charge in [-0.2, -0.15) is 0 Å². The molecule has 28 heavy (non-hydrogen) atoms. The summed E-state index contributed by atoms with van der Waals surface area (Å²) in [6.45, 7) is 9.64. The largest absolute Gasteiger partial charge is 0.347 e. The van der Waals surface area contributed by atoms with Crippen LogP contribution >= 0.6 is 0 Å². The Balaban J connectivity index is 2.08. The maximum atomic E-state index is 12.0. The molecule has 0 fully saturated rings. The smallest absolute Gasteiger partial charge is 0.246 e. The van der Waals surface area contributed by atoms with Gasteiger partial charge in [0, 0.05) is 24.1 Å². The zero-order chi connectivity index (χ0) is 19.9. The van der Waals surface area contributed by atoms with Crippen molar-refractivity contribution in [2.45, 2.75) is 26.3 Å². The van der Waals surface area contributed by atoms with E-state index in [2.05, 4.69) is 47.3 Å². The molecule has 4 heteroatoms. The van der Waals surface area contributed by atoms with Crippen LogP contribution in [0, 0.1) is 0 Å². The topological polar surface area (TPSA) is 46.9 Å². The Bertz CT molecular complexity index is 972. The van der Waals surface area contributed by atoms with E-state index in [4.69, 9.17) is 4.98 Å². The Labute approximate surface area is 166 Å². The molecule has 0 bridgehead atoms. The van der Waals surface area contributed by atoms with Gasteiger partial charge in [-0.3, -0.25) is 9.36 Å². The van der Waals surface area contributed by atoms with Crippen LogP contribution in [0.4, 0.5) is 0 Å². The van der Waals surface area contributed by atoms with Gasteiger partial charge in [-0.25, -0.2) is 4.98 Å². The Kier molecular flexibility index (Phi) is 6.22. The van der Waals surface area contributed by atoms with Crippen molar-refractivity contribution in [3.63, 3.8) is 0 Å². The molecule has 0 spiro atoms. The summed E-state index contributed by atoms with van der Waals surface area (Å²) in [6.07, 6.45) is 3.22. The summed E-state index contributed by atoms with van der Waals surface area (Å²) < 4.78 is 2.18. The molecule has 0 aliphatic heterocycles. The van der Waals surface area contributed by atoms with Gasteiger partial charge >= 0.3 is 0 Å². The highest BCUT2D eigenvalue weighted by Gasteiger charge is 2.18. The van der Waals surface area contributed by atoms with Gasteiger partial charge in [0.15, 0.2) is 0 Å². The van der Waals surface area contributed by atoms with E-state index in [1.54, 1.807) is 6.92 Å². The van der Waals surface area contributed by atoms with Crippen molar-refractivity contribution < 1.29 is 4.79 Å². The molecule has 2 aromatic carbocycles. The Morgan fingerprint density at radius 3 is 2.36 bits per heavy atom. The minimum atomic E-state index is -0.162. The van der Waals surface area contributed by atoms with E-state index in [0.717, 1.165) is 29.3 Å². The number of benzene rings is 2. The number of hydrogen-bond acceptors (Lipinski definition) is 2. The van der Waals surface area contributed by atoms with Gasteiger partial charge in [0.1, 0.15) is 5.82 Å². The number of allylic oxidation sites excluding steroid dienone is 1. The fourth-order valence-electron chi connectivity index (χ4n) is 3.13. The number of aromatic nitrogens is 2. The van der Waals surface area contributed by atoms with E-state index in [0.29, 0.717) is 18.5 Å². The molecule has 1 amide bonds. The first kappa shape index (κ1) is 19.4. The molecule has 0 atom stereocenters. The summed E-state index contributed by atoms with van der Waals surface area (Å²) >= 11 is 0. The van der Waals surface area contributed by atoms with E-state index in [1.165, 1.54) is 5.56 Å². The minimum absolute atomic E-state index is 0.162. The predicted octanol–water partition coefficient (Wildman–Crippen LogP) is 4.38. The van der Waals surface area contributed by atoms with Crippen molar-refractivity contribution in [1.29, 1.82) is 0 Å². The lowest BCUT2D eigenvalue weighted by molar-refractivity contribution is -0.117. The fourth-order valence-corrected chi connectivity index (χ4v) is 3.13. The summed E-state index contributed by atoms with van der Waals surface area (Å²) in [4.78, 5) is 16.9. The minimum Gasteiger partial charge on any atom is -0.347 e. The predicted molar refractivity (Wildman–Crippen MR) is 113 cm³/mol. The zero-order valence-corrected chi connectivity index (χ0v) is 16.2. The van der Waals surface area contributed by atoms with Crippen molar-refractivity contribution in [3.05, 3.63) is 108 Å². The van der Waals surface area contributed by atoms with E-state index in [1.807, 2.05) is 42.5 Å². The number of nitrogens with zero attached hydrogens (tertiary/aromatic N) is 2. The van der Waals surface area contributed by atoms with Crippen LogP contribution in [0.1, 0.15) is 29.7 Å². The average Bonchev–Trinajstić information content (AvgIpc) is 3.04. The molecule has 0 saturated heterocycles. The van der Waals surface area contributed by atoms with Crippen LogP contribution in [0.25, 0.3) is 5.69 Å². The number of carbonyl (C=O) groups excluding carboxylic acids is 1. The molecule has 0 aliphatic carbocycles. The number of carbonyl (C=O) groups is 1. The summed E-state index contributed by atoms with van der Waals surface area (Å²) in [5.41, 5.74) is 4.65. The quantitative estimate of drug-likeness (QED) is 0.472. The molecule has 1 aromatic heterocycles. The first-order chi connectivity index (χ1) is 13.6. The zero-order valence-electron chi connectivity index (χ0n) is 16.2. The van der Waals surface area contributed by atoms with Crippen LogP contribution in [0.2, 0.25) is 0 Å². The molecule has 1 N–H and O–H groups in total. The number of nitrogens with one attached hydrogen (secondary N) is 1. The van der Waals surface area contributed by atoms with Crippen molar-refractivity contribution in [2.24, 2.45) is 0 Å². The van der Waals surface area contributed by atoms with Gasteiger partial charge in [0.25, 0.3) is 0 Å². The van der Waals surface area contributed by atoms with Gasteiger partial charge in [-0.05, 0) is 24.6 Å². The molecule has 3 rings (SSSR count). The lowest BCUT2D eigenvalue weighted by atomic mass is 10.1. The summed E-state index contributed by atoms with van der Waals surface area (Å²) in [5, 5.41) is 2.92. The first-order valence-electron chi connectivity index (χ1n) is 9.33. The normalized spacial score (nSPS) is 10.5. The summed E-state index contributed by atoms with van der Waals surface area (Å²) in [6, 6.07) is 20.4. The maximum absolute atomic E-state index is 12.0. The van der Waals surface area contributed by atoms with E-state index < -0.39 is 0 Å². The van der Waals surface area contributed by atoms with Crippen LogP contribution < -0.4 is 5.32 Å². The SMILES string of the molecule is C=CCc1nc(CNC(=O)C(=C)C)c(Cc2ccccc2)n1-c1ccccc1. The van der Waals surface area contributed by atoms with Gasteiger partial charge in [-0.15, -0.1) is 6.58 Å². The molecule has 142 valence electrons. The van der Waals surface area contributed by atoms with E-state index >= 15 is 0 Å². The third-order valence-corrected chi connectivity index (χ3v) is 4.48. The van der Waals surface area contributed by atoms with Gasteiger partial charge in [-0.1, -0.05) is 61.2 Å². The first-order valence-corrected chi connectivity index (χ1v) is 9.33. The van der Waals surface area contributed by atoms with Gasteiger partial charge in [0.2, 0.25) is 5.91 Å². The molecular weight excluding hydrogens is 346 g/mol. The second-order valence-corrected chi connectivity index (χ2v) is 6.71. The molecular formula is C24H25N3O. The van der Waals surface area contributed by atoms with Crippen molar-refractivity contribution in [1.82, 2.24) is 14.9 Å². The Morgan fingerprint density at radius 1 is 1.11 bits per heavy atom. The second kappa shape index (κ2) is 9.00. The fraction of sp³-hybridized carbons (Fsp3) is 0.167. The van der Waals surface area contributed by atoms with Crippen molar-refractivity contribution >= 4 is 5.91 Å². The third kappa shape index (κ3) is 4.46. The summed E-state index contributed by atoms with van der Waals surface area (Å²) in [5.74, 6) is 0.747. The number of para-hydroxylation sites is 1. The lowest BCUT2D eigenvalue weighted by Gasteiger charge is -2.13. The Morgan fingerprint density at radius 2 is 1.75 bits per heavy atom. The van der Waals surface area contributed by atoms with E-state index in [9.17, 15) is 4.79 Å². The highest BCUT2D eigenvalue weighted by molar-refractivity contribution is 5.92. The van der Waals surface area contributed by atoms with Crippen LogP contribution in [0.3, 0.4) is 0 Å². The number of rotatable bonds is 8. The van der Waals surface area contributed by atoms with Crippen LogP contribution in [-0.4, -0.2) is 15.5 Å². The van der Waals surface area contributed by atoms with Crippen LogP contribution in [-0.2, 0) is 24.2 Å². The van der Waals surface area contributed by atoms with Gasteiger partial charge < -0.3 is 5.32 Å². The maximum Gasteiger partial charge on any atom is 0.246 e. The van der Waals surface area contributed by atoms with Gasteiger partial charge in [0.05, 0.1) is 17.9 Å². The van der Waals surface area contributed by atoms with Crippen LogP contribution in [0.15, 0.2) is 85.5 Å². The molecule has 0 aliphatic rings. The number of amides is 1. The average molecular weight is 371 g/mol. The molecule has 0 radical (unpaired) electrons. The molecule has 1 heterocycles. The van der Waals surface area contributed by atoms with Crippen molar-refractivity contribution in [3.8, 4) is 5.69 Å². The Hall–Kier alpha value is -3.40. The highest BCUT2D eigenvalue weighted by atomic mass is 16.1. The standard InChI is InChI=1S/C24H25N3O/c1-4-11-23-26-21(17-25-24(28)18(2)3)22(16-19-12-7-5-8-13-19)27(23)20-14-9-6-10-15-20/h4-10,12-15H,1-2,11,16-17H2,3H3,(H,25,28). The number of hydrogen-bond donors (Lipinski definition) is 1. The van der Waals surface area contributed by atoms with E-state index in [-0.39, 0.29) is 5.91 Å². The molecule has 0 saturated carbocycles. The second-order valence-electron chi connectivity index (χ2n) is 6.71. The molecule has 4 nitrogen and oxygen atoms in total. The monoisotopic (exact) mass is 371 g/mol. The third-order valence-electron chi connectivity index (χ3n) is 4.48. The highest BCUT2D eigenvalue weighted by Crippen LogP contribution is 2.23. The number of imidazole rings is 1. The van der Waals surface area contributed by atoms with Crippen molar-refractivity contribution in [2.75, 3.05) is 0 Å². The van der Waals surface area contributed by atoms with Crippen LogP contribution in [0.5, 0.6) is 0 Å². The summed E-state index contributed by atoms with van der Waals surface area (Å²) in [7, 11) is 0. The lowest BCUT2D eigenvalue weighted by Crippen LogP contribution is -2.24.